The maximum Gasteiger partial charge on any atom is 0.255 e. The fourth-order valence-electron chi connectivity index (χ4n) is 1.54. The number of aliphatic hydroxyl groups excluding tert-OH is 1. The van der Waals surface area contributed by atoms with Crippen molar-refractivity contribution in [1.82, 2.24) is 4.90 Å². The van der Waals surface area contributed by atoms with Gasteiger partial charge < -0.3 is 10.0 Å². The Kier molecular flexibility index (Phi) is 5.95. The number of hydrogen-bond donors (Lipinski definition) is 1. The summed E-state index contributed by atoms with van der Waals surface area (Å²) < 4.78 is 0.714. The third-order valence-electron chi connectivity index (χ3n) is 2.31. The predicted molar refractivity (Wildman–Crippen MR) is 72.4 cm³/mol. The zero-order valence-electron chi connectivity index (χ0n) is 9.62. The Morgan fingerprint density at radius 1 is 1.47 bits per heavy atom. The number of hydrogen-bond acceptors (Lipinski definition) is 2. The molecule has 0 fully saturated rings. The molecular formula is C12H15BrClNO2. The van der Waals surface area contributed by atoms with Gasteiger partial charge in [-0.25, -0.2) is 0 Å². The van der Waals surface area contributed by atoms with E-state index >= 15 is 0 Å². The van der Waals surface area contributed by atoms with E-state index in [-0.39, 0.29) is 12.5 Å². The molecule has 17 heavy (non-hydrogen) atoms. The fraction of sp³-hybridized carbons (Fsp3) is 0.417. The average molecular weight is 321 g/mol. The van der Waals surface area contributed by atoms with Crippen molar-refractivity contribution in [1.29, 1.82) is 0 Å². The summed E-state index contributed by atoms with van der Waals surface area (Å²) in [6.07, 6.45) is 0.851. The lowest BCUT2D eigenvalue weighted by Crippen LogP contribution is -2.34. The molecule has 0 heterocycles. The number of amides is 1. The largest absolute Gasteiger partial charge is 0.395 e. The van der Waals surface area contributed by atoms with Crippen LogP contribution in [-0.4, -0.2) is 35.6 Å². The van der Waals surface area contributed by atoms with Gasteiger partial charge in [-0.15, -0.1) is 0 Å². The zero-order valence-corrected chi connectivity index (χ0v) is 12.0. The molecule has 0 radical (unpaired) electrons. The molecule has 0 aliphatic rings. The summed E-state index contributed by atoms with van der Waals surface area (Å²) in [4.78, 5) is 13.8. The molecule has 0 atom stereocenters. The van der Waals surface area contributed by atoms with Gasteiger partial charge in [-0.05, 0) is 40.5 Å². The average Bonchev–Trinajstić information content (AvgIpc) is 2.31. The van der Waals surface area contributed by atoms with Gasteiger partial charge in [-0.2, -0.15) is 0 Å². The van der Waals surface area contributed by atoms with E-state index < -0.39 is 0 Å². The predicted octanol–water partition coefficient (Wildman–Crippen LogP) is 2.95. The van der Waals surface area contributed by atoms with Gasteiger partial charge in [0.05, 0.1) is 12.2 Å². The molecule has 0 aliphatic heterocycles. The van der Waals surface area contributed by atoms with Crippen molar-refractivity contribution in [3.8, 4) is 0 Å². The van der Waals surface area contributed by atoms with Crippen LogP contribution >= 0.6 is 27.5 Å². The lowest BCUT2D eigenvalue weighted by atomic mass is 10.2. The maximum absolute atomic E-state index is 12.2. The second kappa shape index (κ2) is 6.99. The zero-order chi connectivity index (χ0) is 12.8. The number of carbonyl (C=O) groups excluding carboxylic acids is 1. The first kappa shape index (κ1) is 14.5. The Hall–Kier alpha value is -0.580. The van der Waals surface area contributed by atoms with Crippen molar-refractivity contribution >= 4 is 33.4 Å². The highest BCUT2D eigenvalue weighted by molar-refractivity contribution is 9.10. The summed E-state index contributed by atoms with van der Waals surface area (Å²) in [5.41, 5.74) is 0.527. The van der Waals surface area contributed by atoms with Crippen LogP contribution in [0.1, 0.15) is 23.7 Å². The van der Waals surface area contributed by atoms with Crippen molar-refractivity contribution in [3.05, 3.63) is 33.3 Å². The molecule has 1 aromatic rings. The summed E-state index contributed by atoms with van der Waals surface area (Å²) in [6, 6.07) is 5.10. The minimum Gasteiger partial charge on any atom is -0.395 e. The molecule has 0 saturated carbocycles. The number of aliphatic hydroxyl groups is 1. The molecule has 1 aromatic carbocycles. The van der Waals surface area contributed by atoms with Crippen LogP contribution in [0.2, 0.25) is 5.02 Å². The molecule has 0 aliphatic carbocycles. The van der Waals surface area contributed by atoms with Crippen LogP contribution in [0.5, 0.6) is 0 Å². The van der Waals surface area contributed by atoms with E-state index in [1.165, 1.54) is 0 Å². The van der Waals surface area contributed by atoms with Gasteiger partial charge >= 0.3 is 0 Å². The van der Waals surface area contributed by atoms with Crippen LogP contribution in [0, 0.1) is 0 Å². The van der Waals surface area contributed by atoms with Gasteiger partial charge in [0.2, 0.25) is 0 Å². The van der Waals surface area contributed by atoms with E-state index in [1.807, 2.05) is 6.92 Å². The molecule has 0 saturated heterocycles. The normalized spacial score (nSPS) is 10.4. The van der Waals surface area contributed by atoms with Crippen LogP contribution < -0.4 is 0 Å². The summed E-state index contributed by atoms with van der Waals surface area (Å²) in [5, 5.41) is 9.48. The summed E-state index contributed by atoms with van der Waals surface area (Å²) >= 11 is 9.21. The van der Waals surface area contributed by atoms with Gasteiger partial charge in [0.1, 0.15) is 0 Å². The van der Waals surface area contributed by atoms with Crippen LogP contribution in [0.25, 0.3) is 0 Å². The number of rotatable bonds is 5. The van der Waals surface area contributed by atoms with Crippen molar-refractivity contribution in [2.45, 2.75) is 13.3 Å². The van der Waals surface area contributed by atoms with Crippen LogP contribution in [0.3, 0.4) is 0 Å². The topological polar surface area (TPSA) is 40.5 Å². The van der Waals surface area contributed by atoms with E-state index in [9.17, 15) is 4.79 Å². The highest BCUT2D eigenvalue weighted by Crippen LogP contribution is 2.22. The third kappa shape index (κ3) is 3.98. The lowest BCUT2D eigenvalue weighted by molar-refractivity contribution is 0.0721. The summed E-state index contributed by atoms with van der Waals surface area (Å²) in [5.74, 6) is -0.115. The van der Waals surface area contributed by atoms with Gasteiger partial charge in [0, 0.05) is 22.6 Å². The molecule has 0 spiro atoms. The number of benzene rings is 1. The Morgan fingerprint density at radius 3 is 2.76 bits per heavy atom. The smallest absolute Gasteiger partial charge is 0.255 e. The molecule has 1 amide bonds. The first-order chi connectivity index (χ1) is 8.10. The number of carbonyl (C=O) groups is 1. The lowest BCUT2D eigenvalue weighted by Gasteiger charge is -2.21. The standard InChI is InChI=1S/C12H15BrClNO2/c1-2-5-15(6-7-16)12(17)10-8-9(14)3-4-11(10)13/h3-4,8,16H,2,5-7H2,1H3. The third-order valence-corrected chi connectivity index (χ3v) is 3.24. The summed E-state index contributed by atoms with van der Waals surface area (Å²) in [6.45, 7) is 2.92. The number of halogens is 2. The minimum atomic E-state index is -0.115. The van der Waals surface area contributed by atoms with Crippen LogP contribution in [0.15, 0.2) is 22.7 Å². The van der Waals surface area contributed by atoms with Crippen molar-refractivity contribution in [3.63, 3.8) is 0 Å². The van der Waals surface area contributed by atoms with E-state index in [0.717, 1.165) is 6.42 Å². The Morgan fingerprint density at radius 2 is 2.18 bits per heavy atom. The van der Waals surface area contributed by atoms with E-state index in [2.05, 4.69) is 15.9 Å². The van der Waals surface area contributed by atoms with Gasteiger partial charge in [0.25, 0.3) is 5.91 Å². The Balaban J connectivity index is 2.95. The SMILES string of the molecule is CCCN(CCO)C(=O)c1cc(Cl)ccc1Br. The van der Waals surface area contributed by atoms with E-state index in [0.29, 0.717) is 28.1 Å². The highest BCUT2D eigenvalue weighted by atomic mass is 79.9. The molecular weight excluding hydrogens is 305 g/mol. The molecule has 1 N–H and O–H groups in total. The van der Waals surface area contributed by atoms with Crippen molar-refractivity contribution < 1.29 is 9.90 Å². The fourth-order valence-corrected chi connectivity index (χ4v) is 2.13. The molecule has 5 heteroatoms. The molecule has 94 valence electrons. The van der Waals surface area contributed by atoms with Gasteiger partial charge in [0.15, 0.2) is 0 Å². The molecule has 0 aromatic heterocycles. The number of nitrogens with zero attached hydrogens (tertiary/aromatic N) is 1. The Labute approximate surface area is 115 Å². The molecule has 3 nitrogen and oxygen atoms in total. The van der Waals surface area contributed by atoms with Crippen LogP contribution in [-0.2, 0) is 0 Å². The van der Waals surface area contributed by atoms with Gasteiger partial charge in [-0.3, -0.25) is 4.79 Å². The highest BCUT2D eigenvalue weighted by Gasteiger charge is 2.17. The summed E-state index contributed by atoms with van der Waals surface area (Å²) in [7, 11) is 0. The molecule has 1 rings (SSSR count). The monoisotopic (exact) mass is 319 g/mol. The van der Waals surface area contributed by atoms with Crippen molar-refractivity contribution in [2.24, 2.45) is 0 Å². The second-order valence-corrected chi connectivity index (χ2v) is 4.93. The second-order valence-electron chi connectivity index (χ2n) is 3.64. The van der Waals surface area contributed by atoms with Crippen LogP contribution in [0.4, 0.5) is 0 Å². The minimum absolute atomic E-state index is 0.0378. The quantitative estimate of drug-likeness (QED) is 0.906. The molecule has 0 unspecified atom stereocenters. The molecule has 0 bridgehead atoms. The Bertz CT molecular complexity index is 392. The van der Waals surface area contributed by atoms with E-state index in [4.69, 9.17) is 16.7 Å². The van der Waals surface area contributed by atoms with Gasteiger partial charge in [-0.1, -0.05) is 18.5 Å². The first-order valence-electron chi connectivity index (χ1n) is 5.45. The van der Waals surface area contributed by atoms with Crippen molar-refractivity contribution in [2.75, 3.05) is 19.7 Å². The first-order valence-corrected chi connectivity index (χ1v) is 6.62. The van der Waals surface area contributed by atoms with E-state index in [1.54, 1.807) is 23.1 Å². The maximum atomic E-state index is 12.2.